The lowest BCUT2D eigenvalue weighted by Gasteiger charge is -2.32. The van der Waals surface area contributed by atoms with Crippen LogP contribution in [0.15, 0.2) is 0 Å². The number of hydrogen-bond acceptors (Lipinski definition) is 3. The van der Waals surface area contributed by atoms with Gasteiger partial charge in [0.25, 0.3) is 0 Å². The number of carboxylic acid groups (broad SMARTS) is 1. The van der Waals surface area contributed by atoms with Crippen molar-refractivity contribution in [2.24, 2.45) is 5.41 Å². The van der Waals surface area contributed by atoms with Crippen molar-refractivity contribution in [2.45, 2.75) is 32.6 Å². The first-order chi connectivity index (χ1) is 7.54. The molecule has 1 saturated heterocycles. The molecule has 0 bridgehead atoms. The Balaban J connectivity index is 2.25. The van der Waals surface area contributed by atoms with E-state index >= 15 is 0 Å². The van der Waals surface area contributed by atoms with E-state index in [0.717, 1.165) is 25.9 Å². The Morgan fingerprint density at radius 2 is 2.00 bits per heavy atom. The van der Waals surface area contributed by atoms with E-state index in [9.17, 15) is 9.59 Å². The Morgan fingerprint density at radius 3 is 2.56 bits per heavy atom. The number of amides is 1. The van der Waals surface area contributed by atoms with Crippen molar-refractivity contribution in [3.05, 3.63) is 0 Å². The molecule has 0 atom stereocenters. The summed E-state index contributed by atoms with van der Waals surface area (Å²) in [6.07, 6.45) is 2.30. The molecule has 5 nitrogen and oxygen atoms in total. The van der Waals surface area contributed by atoms with Crippen LogP contribution in [0.2, 0.25) is 0 Å². The molecular formula is C11H20N2O3. The van der Waals surface area contributed by atoms with Crippen LogP contribution in [0, 0.1) is 5.41 Å². The number of aliphatic carboxylic acids is 1. The van der Waals surface area contributed by atoms with Crippen molar-refractivity contribution in [3.63, 3.8) is 0 Å². The highest BCUT2D eigenvalue weighted by Crippen LogP contribution is 2.27. The van der Waals surface area contributed by atoms with E-state index in [1.807, 2.05) is 6.92 Å². The maximum atomic E-state index is 11.9. The van der Waals surface area contributed by atoms with Crippen molar-refractivity contribution in [3.8, 4) is 0 Å². The lowest BCUT2D eigenvalue weighted by molar-refractivity contribution is -0.137. The van der Waals surface area contributed by atoms with Gasteiger partial charge in [0.2, 0.25) is 5.91 Å². The maximum Gasteiger partial charge on any atom is 0.303 e. The van der Waals surface area contributed by atoms with Crippen LogP contribution < -0.4 is 10.6 Å². The normalized spacial score (nSPS) is 19.1. The first kappa shape index (κ1) is 13.0. The molecule has 0 spiro atoms. The predicted molar refractivity (Wildman–Crippen MR) is 60.1 cm³/mol. The quantitative estimate of drug-likeness (QED) is 0.594. The predicted octanol–water partition coefficient (Wildman–Crippen LogP) is 0.357. The van der Waals surface area contributed by atoms with E-state index in [4.69, 9.17) is 5.11 Å². The number of carbonyl (C=O) groups excluding carboxylic acids is 1. The van der Waals surface area contributed by atoms with Crippen molar-refractivity contribution in [1.82, 2.24) is 10.6 Å². The molecule has 0 saturated carbocycles. The van der Waals surface area contributed by atoms with Crippen molar-refractivity contribution in [2.75, 3.05) is 19.6 Å². The average molecular weight is 228 g/mol. The van der Waals surface area contributed by atoms with Gasteiger partial charge < -0.3 is 15.7 Å². The second-order valence-electron chi connectivity index (χ2n) is 4.56. The van der Waals surface area contributed by atoms with Crippen LogP contribution in [-0.4, -0.2) is 36.6 Å². The van der Waals surface area contributed by atoms with Gasteiger partial charge in [-0.1, -0.05) is 6.92 Å². The highest BCUT2D eigenvalue weighted by Gasteiger charge is 2.33. The van der Waals surface area contributed by atoms with Crippen LogP contribution in [-0.2, 0) is 9.59 Å². The number of nitrogens with one attached hydrogen (secondary N) is 2. The van der Waals surface area contributed by atoms with Gasteiger partial charge in [0.05, 0.1) is 0 Å². The summed E-state index contributed by atoms with van der Waals surface area (Å²) in [5.41, 5.74) is -0.283. The fourth-order valence-electron chi connectivity index (χ4n) is 1.86. The molecule has 3 N–H and O–H groups in total. The molecule has 0 aromatic rings. The Hall–Kier alpha value is -1.10. The van der Waals surface area contributed by atoms with Crippen LogP contribution in [0.3, 0.4) is 0 Å². The summed E-state index contributed by atoms with van der Waals surface area (Å²) in [5, 5.41) is 14.5. The van der Waals surface area contributed by atoms with Crippen LogP contribution in [0.1, 0.15) is 32.6 Å². The minimum absolute atomic E-state index is 0.0550. The monoisotopic (exact) mass is 228 g/mol. The lowest BCUT2D eigenvalue weighted by Crippen LogP contribution is -2.46. The van der Waals surface area contributed by atoms with Crippen LogP contribution >= 0.6 is 0 Å². The molecule has 0 aliphatic carbocycles. The molecule has 1 aliphatic rings. The largest absolute Gasteiger partial charge is 0.481 e. The van der Waals surface area contributed by atoms with E-state index in [-0.39, 0.29) is 17.7 Å². The molecule has 1 amide bonds. The third-order valence-corrected chi connectivity index (χ3v) is 3.11. The molecule has 16 heavy (non-hydrogen) atoms. The van der Waals surface area contributed by atoms with E-state index in [0.29, 0.717) is 13.0 Å². The highest BCUT2D eigenvalue weighted by molar-refractivity contribution is 5.82. The number of piperidine rings is 1. The van der Waals surface area contributed by atoms with Crippen molar-refractivity contribution >= 4 is 11.9 Å². The van der Waals surface area contributed by atoms with Gasteiger partial charge in [-0.15, -0.1) is 0 Å². The van der Waals surface area contributed by atoms with Gasteiger partial charge in [0, 0.05) is 18.4 Å². The van der Waals surface area contributed by atoms with Crippen molar-refractivity contribution in [1.29, 1.82) is 0 Å². The minimum atomic E-state index is -0.817. The van der Waals surface area contributed by atoms with Gasteiger partial charge in [-0.25, -0.2) is 0 Å². The number of carboxylic acids is 1. The average Bonchev–Trinajstić information content (AvgIpc) is 2.25. The standard InChI is InChI=1S/C11H20N2O3/c1-11(4-7-12-8-5-11)10(16)13-6-2-3-9(14)15/h12H,2-8H2,1H3,(H,13,16)(H,14,15). The molecule has 1 aliphatic heterocycles. The molecule has 0 aromatic heterocycles. The fourth-order valence-corrected chi connectivity index (χ4v) is 1.86. The topological polar surface area (TPSA) is 78.4 Å². The number of rotatable bonds is 5. The van der Waals surface area contributed by atoms with Gasteiger partial charge in [-0.3, -0.25) is 9.59 Å². The maximum absolute atomic E-state index is 11.9. The van der Waals surface area contributed by atoms with Gasteiger partial charge in [-0.2, -0.15) is 0 Å². The Kier molecular flexibility index (Phi) is 4.73. The van der Waals surface area contributed by atoms with Crippen LogP contribution in [0.25, 0.3) is 0 Å². The highest BCUT2D eigenvalue weighted by atomic mass is 16.4. The molecule has 1 fully saturated rings. The fraction of sp³-hybridized carbons (Fsp3) is 0.818. The van der Waals surface area contributed by atoms with E-state index in [1.165, 1.54) is 0 Å². The second kappa shape index (κ2) is 5.84. The summed E-state index contributed by atoms with van der Waals surface area (Å²) in [7, 11) is 0. The zero-order chi connectivity index (χ0) is 12.0. The van der Waals surface area contributed by atoms with Gasteiger partial charge in [-0.05, 0) is 32.4 Å². The van der Waals surface area contributed by atoms with Gasteiger partial charge in [0.15, 0.2) is 0 Å². The molecule has 5 heteroatoms. The van der Waals surface area contributed by atoms with Gasteiger partial charge >= 0.3 is 5.97 Å². The van der Waals surface area contributed by atoms with Crippen LogP contribution in [0.4, 0.5) is 0 Å². The number of carbonyl (C=O) groups is 2. The summed E-state index contributed by atoms with van der Waals surface area (Å²) >= 11 is 0. The third kappa shape index (κ3) is 3.81. The van der Waals surface area contributed by atoms with E-state index in [1.54, 1.807) is 0 Å². The number of hydrogen-bond donors (Lipinski definition) is 3. The zero-order valence-corrected chi connectivity index (χ0v) is 9.71. The van der Waals surface area contributed by atoms with E-state index in [2.05, 4.69) is 10.6 Å². The molecule has 0 radical (unpaired) electrons. The Morgan fingerprint density at radius 1 is 1.38 bits per heavy atom. The van der Waals surface area contributed by atoms with Gasteiger partial charge in [0.1, 0.15) is 0 Å². The smallest absolute Gasteiger partial charge is 0.303 e. The first-order valence-corrected chi connectivity index (χ1v) is 5.75. The van der Waals surface area contributed by atoms with Crippen molar-refractivity contribution < 1.29 is 14.7 Å². The summed E-state index contributed by atoms with van der Waals surface area (Å²) in [4.78, 5) is 22.2. The minimum Gasteiger partial charge on any atom is -0.481 e. The molecule has 92 valence electrons. The molecule has 1 heterocycles. The Bertz CT molecular complexity index is 260. The van der Waals surface area contributed by atoms with E-state index < -0.39 is 5.97 Å². The second-order valence-corrected chi connectivity index (χ2v) is 4.56. The lowest BCUT2D eigenvalue weighted by atomic mass is 9.80. The first-order valence-electron chi connectivity index (χ1n) is 5.75. The summed E-state index contributed by atoms with van der Waals surface area (Å²) < 4.78 is 0. The SMILES string of the molecule is CC1(C(=O)NCCCC(=O)O)CCNCC1. The summed E-state index contributed by atoms with van der Waals surface area (Å²) in [6.45, 7) is 4.17. The third-order valence-electron chi connectivity index (χ3n) is 3.11. The molecule has 0 unspecified atom stereocenters. The summed E-state index contributed by atoms with van der Waals surface area (Å²) in [6, 6.07) is 0. The Labute approximate surface area is 95.6 Å². The van der Waals surface area contributed by atoms with Crippen LogP contribution in [0.5, 0.6) is 0 Å². The zero-order valence-electron chi connectivity index (χ0n) is 9.71. The summed E-state index contributed by atoms with van der Waals surface area (Å²) in [5.74, 6) is -0.762. The molecule has 0 aromatic carbocycles. The molecular weight excluding hydrogens is 208 g/mol. The molecule has 1 rings (SSSR count).